The van der Waals surface area contributed by atoms with Gasteiger partial charge in [-0.25, -0.2) is 0 Å². The lowest BCUT2D eigenvalue weighted by atomic mass is 10.1. The number of anilines is 1. The predicted octanol–water partition coefficient (Wildman–Crippen LogP) is 5.01. The molecule has 0 atom stereocenters. The van der Waals surface area contributed by atoms with Crippen LogP contribution in [0.1, 0.15) is 28.4 Å². The Kier molecular flexibility index (Phi) is 7.65. The largest absolute Gasteiger partial charge is 0.508 e. The number of hydrogen-bond donors (Lipinski definition) is 2. The molecule has 1 amide bonds. The molecule has 3 aromatic rings. The van der Waals surface area contributed by atoms with Crippen LogP contribution in [0.5, 0.6) is 17.2 Å². The lowest BCUT2D eigenvalue weighted by Gasteiger charge is -2.13. The maximum Gasteiger partial charge on any atom is 0.262 e. The second-order valence-electron chi connectivity index (χ2n) is 7.09. The van der Waals surface area contributed by atoms with Crippen molar-refractivity contribution < 1.29 is 24.2 Å². The molecule has 0 aliphatic carbocycles. The van der Waals surface area contributed by atoms with Crippen molar-refractivity contribution in [2.45, 2.75) is 13.8 Å². The van der Waals surface area contributed by atoms with E-state index in [4.69, 9.17) is 9.47 Å². The Hall–Kier alpha value is -4.06. The molecule has 0 aliphatic heterocycles. The molecule has 0 aromatic heterocycles. The Bertz CT molecular complexity index is 1120. The molecule has 0 bridgehead atoms. The molecule has 0 fully saturated rings. The topological polar surface area (TPSA) is 84.9 Å². The van der Waals surface area contributed by atoms with Crippen LogP contribution in [-0.2, 0) is 4.79 Å². The van der Waals surface area contributed by atoms with Gasteiger partial charge in [0.25, 0.3) is 5.91 Å². The molecular weight excluding hydrogens is 406 g/mol. The van der Waals surface area contributed by atoms with Gasteiger partial charge in [0, 0.05) is 11.3 Å². The quantitative estimate of drug-likeness (QED) is 0.367. The van der Waals surface area contributed by atoms with Gasteiger partial charge in [-0.1, -0.05) is 42.0 Å². The summed E-state index contributed by atoms with van der Waals surface area (Å²) in [6, 6.07) is 18.9. The third kappa shape index (κ3) is 6.47. The smallest absolute Gasteiger partial charge is 0.262 e. The van der Waals surface area contributed by atoms with E-state index in [2.05, 4.69) is 5.32 Å². The molecule has 2 N–H and O–H groups in total. The van der Waals surface area contributed by atoms with Crippen molar-refractivity contribution in [1.29, 1.82) is 0 Å². The van der Waals surface area contributed by atoms with Crippen LogP contribution in [0, 0.1) is 6.92 Å². The maximum atomic E-state index is 12.3. The highest BCUT2D eigenvalue weighted by Gasteiger charge is 2.10. The number of ketones is 1. The number of ether oxygens (including phenoxy) is 2. The number of amides is 1. The number of carbonyl (C=O) groups is 2. The second kappa shape index (κ2) is 10.8. The molecule has 32 heavy (non-hydrogen) atoms. The third-order valence-corrected chi connectivity index (χ3v) is 4.52. The number of nitrogens with one attached hydrogen (secondary N) is 1. The zero-order valence-electron chi connectivity index (χ0n) is 18.0. The van der Waals surface area contributed by atoms with E-state index in [1.807, 2.05) is 38.1 Å². The number of aromatic hydroxyl groups is 1. The van der Waals surface area contributed by atoms with Gasteiger partial charge >= 0.3 is 0 Å². The zero-order valence-corrected chi connectivity index (χ0v) is 18.0. The summed E-state index contributed by atoms with van der Waals surface area (Å²) in [6.07, 6.45) is 3.08. The molecule has 0 saturated carbocycles. The Balaban J connectivity index is 1.65. The summed E-state index contributed by atoms with van der Waals surface area (Å²) < 4.78 is 11.3. The highest BCUT2D eigenvalue weighted by molar-refractivity contribution is 6.07. The summed E-state index contributed by atoms with van der Waals surface area (Å²) in [5.41, 5.74) is 2.94. The molecule has 6 heteroatoms. The van der Waals surface area contributed by atoms with E-state index in [0.29, 0.717) is 29.4 Å². The molecule has 0 aliphatic rings. The highest BCUT2D eigenvalue weighted by Crippen LogP contribution is 2.29. The van der Waals surface area contributed by atoms with Gasteiger partial charge in [0.15, 0.2) is 23.9 Å². The van der Waals surface area contributed by atoms with E-state index >= 15 is 0 Å². The maximum absolute atomic E-state index is 12.3. The van der Waals surface area contributed by atoms with Crippen molar-refractivity contribution in [2.75, 3.05) is 18.5 Å². The second-order valence-corrected chi connectivity index (χ2v) is 7.09. The first-order valence-corrected chi connectivity index (χ1v) is 10.2. The minimum absolute atomic E-state index is 0.0378. The Morgan fingerprint density at radius 1 is 0.969 bits per heavy atom. The summed E-state index contributed by atoms with van der Waals surface area (Å²) in [5.74, 6) is 0.435. The molecule has 0 unspecified atom stereocenters. The summed E-state index contributed by atoms with van der Waals surface area (Å²) >= 11 is 0. The summed E-state index contributed by atoms with van der Waals surface area (Å²) in [4.78, 5) is 24.5. The molecule has 0 saturated heterocycles. The van der Waals surface area contributed by atoms with Crippen molar-refractivity contribution in [3.05, 3.63) is 89.5 Å². The molecular formula is C26H25NO5. The average molecular weight is 431 g/mol. The molecule has 0 radical (unpaired) electrons. The van der Waals surface area contributed by atoms with Gasteiger partial charge < -0.3 is 19.9 Å². The first-order chi connectivity index (χ1) is 15.4. The summed E-state index contributed by atoms with van der Waals surface area (Å²) in [6.45, 7) is 4.08. The first-order valence-electron chi connectivity index (χ1n) is 10.2. The van der Waals surface area contributed by atoms with Crippen LogP contribution in [0.2, 0.25) is 0 Å². The highest BCUT2D eigenvalue weighted by atomic mass is 16.5. The first kappa shape index (κ1) is 22.6. The van der Waals surface area contributed by atoms with E-state index in [0.717, 1.165) is 11.1 Å². The Morgan fingerprint density at radius 3 is 2.47 bits per heavy atom. The van der Waals surface area contributed by atoms with E-state index in [9.17, 15) is 14.7 Å². The average Bonchev–Trinajstić information content (AvgIpc) is 2.78. The van der Waals surface area contributed by atoms with Gasteiger partial charge in [0.05, 0.1) is 6.61 Å². The number of phenolic OH excluding ortho intramolecular Hbond substituents is 1. The van der Waals surface area contributed by atoms with Crippen molar-refractivity contribution in [3.8, 4) is 17.2 Å². The van der Waals surface area contributed by atoms with Crippen LogP contribution in [0.15, 0.2) is 72.8 Å². The van der Waals surface area contributed by atoms with E-state index in [1.165, 1.54) is 18.2 Å². The number of aryl methyl sites for hydroxylation is 1. The van der Waals surface area contributed by atoms with E-state index in [1.54, 1.807) is 36.4 Å². The van der Waals surface area contributed by atoms with Gasteiger partial charge in [0.2, 0.25) is 0 Å². The molecule has 164 valence electrons. The molecule has 0 spiro atoms. The van der Waals surface area contributed by atoms with Crippen molar-refractivity contribution in [1.82, 2.24) is 0 Å². The normalized spacial score (nSPS) is 10.7. The monoisotopic (exact) mass is 431 g/mol. The molecule has 3 rings (SSSR count). The fraction of sp³-hybridized carbons (Fsp3) is 0.154. The number of rotatable bonds is 9. The fourth-order valence-corrected chi connectivity index (χ4v) is 2.92. The van der Waals surface area contributed by atoms with Crippen LogP contribution >= 0.6 is 0 Å². The third-order valence-electron chi connectivity index (χ3n) is 4.52. The number of carbonyl (C=O) groups excluding carboxylic acids is 2. The lowest BCUT2D eigenvalue weighted by molar-refractivity contribution is -0.118. The number of hydrogen-bond acceptors (Lipinski definition) is 5. The SMILES string of the molecule is CCOc1cc(/C=C/C(=O)c2cccc(O)c2)ccc1OCC(=O)Nc1ccc(C)cc1. The standard InChI is InChI=1S/C26H25NO5/c1-3-31-25-15-19(9-13-23(29)20-5-4-6-22(28)16-20)10-14-24(25)32-17-26(30)27-21-11-7-18(2)8-12-21/h4-16,28H,3,17H2,1-2H3,(H,27,30)/b13-9+. The minimum atomic E-state index is -0.281. The van der Waals surface area contributed by atoms with Gasteiger partial charge in [-0.15, -0.1) is 0 Å². The van der Waals surface area contributed by atoms with Crippen molar-refractivity contribution in [2.24, 2.45) is 0 Å². The summed E-state index contributed by atoms with van der Waals surface area (Å²) in [7, 11) is 0. The molecule has 6 nitrogen and oxygen atoms in total. The van der Waals surface area contributed by atoms with Crippen molar-refractivity contribution in [3.63, 3.8) is 0 Å². The fourth-order valence-electron chi connectivity index (χ4n) is 2.92. The van der Waals surface area contributed by atoms with E-state index in [-0.39, 0.29) is 24.0 Å². The van der Waals surface area contributed by atoms with Crippen LogP contribution in [0.4, 0.5) is 5.69 Å². The molecule has 0 heterocycles. The van der Waals surface area contributed by atoms with Gasteiger partial charge in [-0.3, -0.25) is 9.59 Å². The summed E-state index contributed by atoms with van der Waals surface area (Å²) in [5, 5.41) is 12.3. The van der Waals surface area contributed by atoms with Crippen LogP contribution in [0.3, 0.4) is 0 Å². The Morgan fingerprint density at radius 2 is 1.75 bits per heavy atom. The van der Waals surface area contributed by atoms with Gasteiger partial charge in [-0.2, -0.15) is 0 Å². The minimum Gasteiger partial charge on any atom is -0.508 e. The van der Waals surface area contributed by atoms with Crippen LogP contribution in [-0.4, -0.2) is 30.0 Å². The van der Waals surface area contributed by atoms with E-state index < -0.39 is 0 Å². The van der Waals surface area contributed by atoms with Crippen LogP contribution < -0.4 is 14.8 Å². The van der Waals surface area contributed by atoms with Gasteiger partial charge in [-0.05, 0) is 61.9 Å². The molecule has 3 aromatic carbocycles. The number of allylic oxidation sites excluding steroid dienone is 1. The Labute approximate surface area is 187 Å². The number of benzene rings is 3. The predicted molar refractivity (Wildman–Crippen MR) is 124 cm³/mol. The van der Waals surface area contributed by atoms with Crippen LogP contribution in [0.25, 0.3) is 6.08 Å². The lowest BCUT2D eigenvalue weighted by Crippen LogP contribution is -2.20. The van der Waals surface area contributed by atoms with Crippen molar-refractivity contribution >= 4 is 23.5 Å². The zero-order chi connectivity index (χ0) is 22.9. The number of phenols is 1. The van der Waals surface area contributed by atoms with Gasteiger partial charge in [0.1, 0.15) is 5.75 Å².